The standard InChI is InChI=1S/2C24H18N2O3.3C23H17N3O3/c27-23-11-10-16(12-19(23)24(28)29)26-21(15-6-2-1-3-7-15)13-18-17-8-4-5-9-20(17)25-14-22(18)26;27-22-11-10-17(12-20(22)24(28)29)26-21(15-6-2-1-3-7-15)13-19-18-9-5-4-8-16(18)14-25-23(19)26;27-22-10-8-15(12-18(22)23(28)29)26-20-9-7-14-4-1-2-5-16(14)17(20)13-21(26)19-6-3-11-24-25-19;27-22-8-6-15(11-18(22)23(28)29)26-20-7-5-14-3-1-2-4-16(14)17(20)12-21(26)19-13-24-9-10-25-19;27-22-8-6-15(11-18(22)23(28)29)26-20-7-5-14-3-1-2-4-16(14)17(20)12-21(26)19-9-10-24-13-25-19/h2*1-13,25,27H,14H2,(H,28,29);1-6,8,10-13,27H,7,9H2,(H,28,29);2*1-4,6,8-13,27H,5,7H2,(H,28,29). The van der Waals surface area contributed by atoms with E-state index in [2.05, 4.69) is 136 Å². The lowest BCUT2D eigenvalue weighted by molar-refractivity contribution is 0.0682. The lowest BCUT2D eigenvalue weighted by atomic mass is 9.90. The fourth-order valence-electron chi connectivity index (χ4n) is 20.0. The molecule has 2 aliphatic heterocycles. The molecule has 12 aromatic carbocycles. The molecule has 0 unspecified atom stereocenters. The summed E-state index contributed by atoms with van der Waals surface area (Å²) in [6, 6.07) is 101. The normalized spacial score (nSPS) is 12.2. The molecule has 0 saturated carbocycles. The number of aromatic carboxylic acids is 5. The second-order valence-electron chi connectivity index (χ2n) is 35.0. The molecule has 10 heterocycles. The third kappa shape index (κ3) is 17.5. The molecule has 3 aliphatic carbocycles. The zero-order chi connectivity index (χ0) is 99.8. The third-order valence-corrected chi connectivity index (χ3v) is 26.6. The van der Waals surface area contributed by atoms with Gasteiger partial charge in [0.2, 0.25) is 0 Å². The molecule has 28 nitrogen and oxygen atoms in total. The fourth-order valence-corrected chi connectivity index (χ4v) is 20.0. The van der Waals surface area contributed by atoms with Crippen LogP contribution in [-0.2, 0) is 51.6 Å². The summed E-state index contributed by atoms with van der Waals surface area (Å²) in [5.41, 5.74) is 33.2. The number of carboxylic acids is 5. The summed E-state index contributed by atoms with van der Waals surface area (Å²) in [5, 5.41) is 112. The Morgan fingerprint density at radius 1 is 0.262 bits per heavy atom. The summed E-state index contributed by atoms with van der Waals surface area (Å²) < 4.78 is 10.2. The van der Waals surface area contributed by atoms with Crippen molar-refractivity contribution < 1.29 is 75.0 Å². The predicted molar refractivity (Wildman–Crippen MR) is 550 cm³/mol. The third-order valence-electron chi connectivity index (χ3n) is 26.6. The molecule has 5 aliphatic rings. The van der Waals surface area contributed by atoms with Gasteiger partial charge in [-0.25, -0.2) is 33.9 Å². The van der Waals surface area contributed by atoms with E-state index in [-0.39, 0.29) is 56.6 Å². The van der Waals surface area contributed by atoms with Crippen molar-refractivity contribution in [1.82, 2.24) is 53.0 Å². The summed E-state index contributed by atoms with van der Waals surface area (Å²) in [6.07, 6.45) is 14.9. The molecular weight excluding hydrogens is 1830 g/mol. The molecule has 0 spiro atoms. The zero-order valence-corrected chi connectivity index (χ0v) is 77.2. The molecule has 12 N–H and O–H groups in total. The minimum absolute atomic E-state index is 0.117. The van der Waals surface area contributed by atoms with Crippen molar-refractivity contribution in [1.29, 1.82) is 0 Å². The number of aromatic hydroxyl groups is 5. The van der Waals surface area contributed by atoms with Crippen molar-refractivity contribution in [3.8, 4) is 169 Å². The minimum Gasteiger partial charge on any atom is -0.507 e. The number of benzene rings is 12. The number of carbonyl (C=O) groups is 5. The van der Waals surface area contributed by atoms with Crippen LogP contribution in [0.4, 0.5) is 11.5 Å². The van der Waals surface area contributed by atoms with Gasteiger partial charge in [0.25, 0.3) is 0 Å². The van der Waals surface area contributed by atoms with Crippen LogP contribution in [0.2, 0.25) is 0 Å². The van der Waals surface area contributed by atoms with Crippen molar-refractivity contribution >= 4 is 41.4 Å². The largest absolute Gasteiger partial charge is 0.507 e. The van der Waals surface area contributed by atoms with Gasteiger partial charge in [-0.15, -0.1) is 5.10 Å². The number of anilines is 2. The first-order valence-electron chi connectivity index (χ1n) is 46.6. The molecule has 0 saturated heterocycles. The number of carboxylic acid groups (broad SMARTS) is 5. The monoisotopic (exact) mass is 1910 g/mol. The van der Waals surface area contributed by atoms with Crippen LogP contribution in [0.1, 0.15) is 96.8 Å². The number of fused-ring (bicyclic) bond motifs is 15. The van der Waals surface area contributed by atoms with Gasteiger partial charge in [0.05, 0.1) is 52.6 Å². The van der Waals surface area contributed by atoms with E-state index in [0.717, 1.165) is 157 Å². The molecule has 0 bridgehead atoms. The van der Waals surface area contributed by atoms with Gasteiger partial charge in [0.15, 0.2) is 0 Å². The molecule has 0 atom stereocenters. The Labute approximate surface area is 827 Å². The average Bonchev–Trinajstić information content (AvgIpc) is 1.62. The molecule has 0 amide bonds. The Morgan fingerprint density at radius 2 is 0.628 bits per heavy atom. The van der Waals surface area contributed by atoms with Crippen LogP contribution in [-0.4, -0.2) is 134 Å². The Morgan fingerprint density at radius 3 is 1.04 bits per heavy atom. The minimum atomic E-state index is -1.17. The summed E-state index contributed by atoms with van der Waals surface area (Å²) in [7, 11) is 0. The SMILES string of the molecule is O=C(O)c1cc(-n2c(-c3ccccc3)cc3c2CNc2ccccc2-3)ccc1O.O=C(O)c1cc(-n2c(-c3ccccc3)cc3c2NCc2ccccc2-3)ccc1O.O=C(O)c1cc(-n2c(-c3cccnn3)cc3c2CCc2ccccc2-3)ccc1O.O=C(O)c1cc(-n2c(-c3ccncn3)cc3c2CCc2ccccc2-3)ccc1O.O=C(O)c1cc(-n2c(-c3cnccn3)cc3c2CCc2ccccc2-3)ccc1O. The first kappa shape index (κ1) is 91.6. The Bertz CT molecular complexity index is 7360. The van der Waals surface area contributed by atoms with Crippen LogP contribution in [0.3, 0.4) is 0 Å². The molecule has 8 aromatic heterocycles. The summed E-state index contributed by atoms with van der Waals surface area (Å²) in [5.74, 6) is -6.18. The number of nitrogens with zero attached hydrogens (tertiary/aromatic N) is 11. The number of para-hydroxylation sites is 1. The van der Waals surface area contributed by atoms with Gasteiger partial charge in [-0.3, -0.25) is 14.5 Å². The molecule has 145 heavy (non-hydrogen) atoms. The van der Waals surface area contributed by atoms with Crippen LogP contribution in [0, 0.1) is 0 Å². The number of hydrogen-bond donors (Lipinski definition) is 12. The van der Waals surface area contributed by atoms with Crippen LogP contribution in [0.25, 0.3) is 141 Å². The van der Waals surface area contributed by atoms with E-state index >= 15 is 0 Å². The first-order chi connectivity index (χ1) is 70.7. The zero-order valence-electron chi connectivity index (χ0n) is 77.2. The van der Waals surface area contributed by atoms with Crippen LogP contribution >= 0.6 is 0 Å². The van der Waals surface area contributed by atoms with Crippen molar-refractivity contribution in [2.45, 2.75) is 51.6 Å². The summed E-state index contributed by atoms with van der Waals surface area (Å²) >= 11 is 0. The maximum atomic E-state index is 11.6. The highest BCUT2D eigenvalue weighted by Crippen LogP contribution is 2.49. The van der Waals surface area contributed by atoms with Gasteiger partial charge in [0, 0.05) is 116 Å². The predicted octanol–water partition coefficient (Wildman–Crippen LogP) is 22.6. The second-order valence-corrected chi connectivity index (χ2v) is 35.0. The summed E-state index contributed by atoms with van der Waals surface area (Å²) in [4.78, 5) is 74.9. The van der Waals surface area contributed by atoms with Crippen molar-refractivity contribution in [2.24, 2.45) is 0 Å². The highest BCUT2D eigenvalue weighted by molar-refractivity contribution is 5.97. The lowest BCUT2D eigenvalue weighted by Crippen LogP contribution is -2.13. The van der Waals surface area contributed by atoms with Crippen molar-refractivity contribution in [2.75, 3.05) is 10.6 Å². The molecule has 25 rings (SSSR count). The van der Waals surface area contributed by atoms with E-state index in [4.69, 9.17) is 0 Å². The molecule has 0 radical (unpaired) electrons. The molecule has 710 valence electrons. The van der Waals surface area contributed by atoms with Gasteiger partial charge in [-0.2, -0.15) is 5.10 Å². The van der Waals surface area contributed by atoms with Crippen LogP contribution in [0.5, 0.6) is 28.7 Å². The van der Waals surface area contributed by atoms with E-state index in [1.165, 1.54) is 106 Å². The lowest BCUT2D eigenvalue weighted by Gasteiger charge is -2.22. The topological polar surface area (TPSA) is 414 Å². The maximum absolute atomic E-state index is 11.6. The number of phenols is 5. The van der Waals surface area contributed by atoms with Gasteiger partial charge < -0.3 is 80.0 Å². The van der Waals surface area contributed by atoms with E-state index in [1.54, 1.807) is 61.3 Å². The average molecular weight is 1920 g/mol. The van der Waals surface area contributed by atoms with Gasteiger partial charge in [-0.1, -0.05) is 176 Å². The number of rotatable bonds is 15. The number of aryl methyl sites for hydroxylation is 3. The van der Waals surface area contributed by atoms with E-state index in [0.29, 0.717) is 52.9 Å². The molecule has 28 heteroatoms. The van der Waals surface area contributed by atoms with Crippen LogP contribution in [0.15, 0.2) is 359 Å². The Kier molecular flexibility index (Phi) is 24.6. The van der Waals surface area contributed by atoms with Gasteiger partial charge >= 0.3 is 29.8 Å². The Balaban J connectivity index is 0.000000107. The number of nitrogens with one attached hydrogen (secondary N) is 2. The fraction of sp³-hybridized carbons (Fsp3) is 0.0684. The highest BCUT2D eigenvalue weighted by atomic mass is 16.4. The van der Waals surface area contributed by atoms with E-state index < -0.39 is 29.8 Å². The van der Waals surface area contributed by atoms with E-state index in [9.17, 15) is 75.0 Å². The maximum Gasteiger partial charge on any atom is 0.339 e. The van der Waals surface area contributed by atoms with Gasteiger partial charge in [-0.05, 0) is 240 Å². The van der Waals surface area contributed by atoms with E-state index in [1.807, 2.05) is 158 Å². The second kappa shape index (κ2) is 38.9. The molecule has 0 fully saturated rings. The quantitative estimate of drug-likeness (QED) is 0.0453. The number of hydrogen-bond acceptors (Lipinski definition) is 18. The molecular formula is C117H87N13O15. The van der Waals surface area contributed by atoms with Crippen molar-refractivity contribution in [3.63, 3.8) is 0 Å². The van der Waals surface area contributed by atoms with Gasteiger partial charge in [0.1, 0.15) is 80.1 Å². The highest BCUT2D eigenvalue weighted by Gasteiger charge is 2.33. The van der Waals surface area contributed by atoms with Crippen molar-refractivity contribution in [3.05, 3.63) is 432 Å². The smallest absolute Gasteiger partial charge is 0.339 e. The summed E-state index contributed by atoms with van der Waals surface area (Å²) in [6.45, 7) is 1.30. The van der Waals surface area contributed by atoms with Crippen LogP contribution < -0.4 is 10.6 Å². The molecule has 20 aromatic rings. The number of aromatic nitrogens is 11. The first-order valence-corrected chi connectivity index (χ1v) is 46.6. The Hall–Kier alpha value is -19.8.